The molecule has 0 saturated carbocycles. The molecule has 0 fully saturated rings. The second kappa shape index (κ2) is 12.0. The third-order valence-corrected chi connectivity index (χ3v) is 6.19. The van der Waals surface area contributed by atoms with Crippen LogP contribution in [0.1, 0.15) is 5.56 Å². The molecule has 0 spiro atoms. The van der Waals surface area contributed by atoms with Gasteiger partial charge in [-0.25, -0.2) is 14.1 Å². The maximum atomic E-state index is 13.9. The summed E-state index contributed by atoms with van der Waals surface area (Å²) in [7, 11) is 1.63. The number of ether oxygens (including phenoxy) is 3. The van der Waals surface area contributed by atoms with Crippen LogP contribution in [0.2, 0.25) is 0 Å². The highest BCUT2D eigenvalue weighted by molar-refractivity contribution is 5.88. The SMILES string of the molecule is COCCOCCOc1cnc2c(NCCn3nc(-n4cc(C)c5ccc(F)cc54)ccc3=O)ccnc2c1. The molecule has 5 rings (SSSR count). The minimum atomic E-state index is -0.330. The summed E-state index contributed by atoms with van der Waals surface area (Å²) in [5, 5.41) is 8.79. The monoisotopic (exact) mass is 532 g/mol. The van der Waals surface area contributed by atoms with Crippen molar-refractivity contribution in [3.8, 4) is 11.6 Å². The van der Waals surface area contributed by atoms with Crippen LogP contribution in [0.4, 0.5) is 10.1 Å². The zero-order valence-corrected chi connectivity index (χ0v) is 21.8. The summed E-state index contributed by atoms with van der Waals surface area (Å²) in [6, 6.07) is 11.4. The Bertz CT molecular complexity index is 1650. The number of pyridine rings is 2. The van der Waals surface area contributed by atoms with E-state index in [9.17, 15) is 9.18 Å². The van der Waals surface area contributed by atoms with Crippen molar-refractivity contribution in [3.05, 3.63) is 82.8 Å². The fourth-order valence-corrected chi connectivity index (χ4v) is 4.28. The highest BCUT2D eigenvalue weighted by Gasteiger charge is 2.11. The van der Waals surface area contributed by atoms with Crippen LogP contribution >= 0.6 is 0 Å². The van der Waals surface area contributed by atoms with Crippen molar-refractivity contribution in [2.75, 3.05) is 45.4 Å². The van der Waals surface area contributed by atoms with Crippen LogP contribution < -0.4 is 15.6 Å². The number of benzene rings is 1. The lowest BCUT2D eigenvalue weighted by Gasteiger charge is -2.12. The molecule has 11 heteroatoms. The van der Waals surface area contributed by atoms with Gasteiger partial charge in [0.1, 0.15) is 23.7 Å². The number of fused-ring (bicyclic) bond motifs is 2. The summed E-state index contributed by atoms with van der Waals surface area (Å²) >= 11 is 0. The van der Waals surface area contributed by atoms with Crippen LogP contribution in [0.5, 0.6) is 5.75 Å². The van der Waals surface area contributed by atoms with Crippen molar-refractivity contribution < 1.29 is 18.6 Å². The van der Waals surface area contributed by atoms with Crippen molar-refractivity contribution in [3.63, 3.8) is 0 Å². The average molecular weight is 533 g/mol. The number of hydrogen-bond donors (Lipinski definition) is 1. The molecule has 4 heterocycles. The van der Waals surface area contributed by atoms with Crippen LogP contribution in [0.15, 0.2) is 65.8 Å². The number of hydrogen-bond acceptors (Lipinski definition) is 8. The van der Waals surface area contributed by atoms with Crippen LogP contribution in [0.3, 0.4) is 0 Å². The third-order valence-electron chi connectivity index (χ3n) is 6.19. The standard InChI is InChI=1S/C28H29FN6O4/c1-19-18-34(25-15-20(29)3-4-22(19)25)26-5-6-27(36)35(33-26)10-9-31-23-7-8-30-24-16-21(17-32-28(23)24)39-14-13-38-12-11-37-2/h3-8,15-18H,9-14H2,1-2H3,(H,30,31). The second-order valence-electron chi connectivity index (χ2n) is 8.87. The van der Waals surface area contributed by atoms with E-state index in [1.54, 1.807) is 36.2 Å². The molecule has 0 aliphatic rings. The van der Waals surface area contributed by atoms with Crippen LogP contribution in [-0.4, -0.2) is 64.4 Å². The smallest absolute Gasteiger partial charge is 0.266 e. The lowest BCUT2D eigenvalue weighted by molar-refractivity contribution is 0.0544. The van der Waals surface area contributed by atoms with Gasteiger partial charge in [-0.2, -0.15) is 5.10 Å². The normalized spacial score (nSPS) is 11.4. The van der Waals surface area contributed by atoms with E-state index in [2.05, 4.69) is 20.4 Å². The van der Waals surface area contributed by atoms with E-state index in [1.165, 1.54) is 22.9 Å². The van der Waals surface area contributed by atoms with Gasteiger partial charge in [0.15, 0.2) is 5.82 Å². The third kappa shape index (κ3) is 6.05. The topological polar surface area (TPSA) is 105 Å². The zero-order chi connectivity index (χ0) is 27.2. The van der Waals surface area contributed by atoms with Crippen molar-refractivity contribution in [2.24, 2.45) is 0 Å². The van der Waals surface area contributed by atoms with E-state index in [0.717, 1.165) is 16.6 Å². The first kappa shape index (κ1) is 26.3. The van der Waals surface area contributed by atoms with Gasteiger partial charge in [0.2, 0.25) is 0 Å². The van der Waals surface area contributed by atoms with Gasteiger partial charge >= 0.3 is 0 Å². The number of aromatic nitrogens is 5. The maximum absolute atomic E-state index is 13.9. The van der Waals surface area contributed by atoms with Gasteiger partial charge in [-0.05, 0) is 42.8 Å². The van der Waals surface area contributed by atoms with Crippen molar-refractivity contribution in [1.82, 2.24) is 24.3 Å². The highest BCUT2D eigenvalue weighted by atomic mass is 19.1. The molecule has 5 aromatic rings. The van der Waals surface area contributed by atoms with Crippen molar-refractivity contribution in [2.45, 2.75) is 13.5 Å². The molecule has 1 N–H and O–H groups in total. The predicted octanol–water partition coefficient (Wildman–Crippen LogP) is 3.73. The first-order valence-corrected chi connectivity index (χ1v) is 12.6. The molecule has 0 unspecified atom stereocenters. The van der Waals surface area contributed by atoms with Crippen molar-refractivity contribution in [1.29, 1.82) is 0 Å². The minimum absolute atomic E-state index is 0.231. The van der Waals surface area contributed by atoms with Gasteiger partial charge in [-0.15, -0.1) is 0 Å². The van der Waals surface area contributed by atoms with E-state index in [1.807, 2.05) is 25.3 Å². The fourth-order valence-electron chi connectivity index (χ4n) is 4.28. The Labute approximate surface area is 224 Å². The summed E-state index contributed by atoms with van der Waals surface area (Å²) in [6.07, 6.45) is 5.22. The molecule has 0 radical (unpaired) electrons. The number of anilines is 1. The van der Waals surface area contributed by atoms with Gasteiger partial charge in [-0.1, -0.05) is 0 Å². The van der Waals surface area contributed by atoms with E-state index in [-0.39, 0.29) is 11.4 Å². The first-order valence-electron chi connectivity index (χ1n) is 12.6. The molecule has 202 valence electrons. The Kier molecular flexibility index (Phi) is 8.09. The van der Waals surface area contributed by atoms with E-state index in [0.29, 0.717) is 67.6 Å². The molecule has 10 nitrogen and oxygen atoms in total. The molecule has 1 aromatic carbocycles. The van der Waals surface area contributed by atoms with E-state index >= 15 is 0 Å². The second-order valence-corrected chi connectivity index (χ2v) is 8.87. The molecule has 39 heavy (non-hydrogen) atoms. The molecule has 0 atom stereocenters. The molecule has 0 aliphatic carbocycles. The Morgan fingerprint density at radius 2 is 1.90 bits per heavy atom. The molecule has 0 amide bonds. The van der Waals surface area contributed by atoms with Crippen LogP contribution in [0.25, 0.3) is 27.8 Å². The zero-order valence-electron chi connectivity index (χ0n) is 21.8. The Hall–Kier alpha value is -4.35. The number of halogens is 1. The summed E-state index contributed by atoms with van der Waals surface area (Å²) in [4.78, 5) is 21.4. The highest BCUT2D eigenvalue weighted by Crippen LogP contribution is 2.25. The van der Waals surface area contributed by atoms with Gasteiger partial charge in [0, 0.05) is 43.6 Å². The molecule has 0 aliphatic heterocycles. The Balaban J connectivity index is 1.26. The summed E-state index contributed by atoms with van der Waals surface area (Å²) in [6.45, 7) is 4.59. The number of methoxy groups -OCH3 is 1. The fraction of sp³-hybridized carbons (Fsp3) is 0.286. The largest absolute Gasteiger partial charge is 0.489 e. The quantitative estimate of drug-likeness (QED) is 0.242. The lowest BCUT2D eigenvalue weighted by Crippen LogP contribution is -2.26. The van der Waals surface area contributed by atoms with E-state index < -0.39 is 0 Å². The number of rotatable bonds is 12. The molecular weight excluding hydrogens is 503 g/mol. The summed E-state index contributed by atoms with van der Waals surface area (Å²) in [5.41, 5.74) is 3.60. The summed E-state index contributed by atoms with van der Waals surface area (Å²) < 4.78 is 33.2. The van der Waals surface area contributed by atoms with Crippen LogP contribution in [-0.2, 0) is 16.0 Å². The molecule has 0 bridgehead atoms. The van der Waals surface area contributed by atoms with E-state index in [4.69, 9.17) is 14.2 Å². The number of nitrogens with zero attached hydrogens (tertiary/aromatic N) is 5. The predicted molar refractivity (Wildman–Crippen MR) is 146 cm³/mol. The first-order chi connectivity index (χ1) is 19.0. The van der Waals surface area contributed by atoms with Gasteiger partial charge in [-0.3, -0.25) is 14.3 Å². The minimum Gasteiger partial charge on any atom is -0.489 e. The molecular formula is C28H29FN6O4. The Morgan fingerprint density at radius 1 is 1.03 bits per heavy atom. The molecule has 4 aromatic heterocycles. The van der Waals surface area contributed by atoms with Gasteiger partial charge in [0.05, 0.1) is 49.3 Å². The van der Waals surface area contributed by atoms with Crippen molar-refractivity contribution >= 4 is 27.6 Å². The number of nitrogens with one attached hydrogen (secondary N) is 1. The lowest BCUT2D eigenvalue weighted by atomic mass is 10.2. The number of aryl methyl sites for hydroxylation is 1. The average Bonchev–Trinajstić information content (AvgIpc) is 3.26. The molecule has 0 saturated heterocycles. The maximum Gasteiger partial charge on any atom is 0.266 e. The van der Waals surface area contributed by atoms with Gasteiger partial charge in [0.25, 0.3) is 5.56 Å². The Morgan fingerprint density at radius 3 is 2.77 bits per heavy atom. The van der Waals surface area contributed by atoms with Gasteiger partial charge < -0.3 is 19.5 Å². The summed E-state index contributed by atoms with van der Waals surface area (Å²) in [5.74, 6) is 0.803. The van der Waals surface area contributed by atoms with Crippen LogP contribution in [0, 0.1) is 12.7 Å².